The van der Waals surface area contributed by atoms with E-state index in [4.69, 9.17) is 4.74 Å². The van der Waals surface area contributed by atoms with Crippen molar-refractivity contribution in [2.75, 3.05) is 45.9 Å². The maximum atomic E-state index is 10.2. The maximum absolute atomic E-state index is 10.2. The fourth-order valence-electron chi connectivity index (χ4n) is 2.69. The van der Waals surface area contributed by atoms with Gasteiger partial charge >= 0.3 is 0 Å². The lowest BCUT2D eigenvalue weighted by atomic mass is 10.1. The second-order valence-electron chi connectivity index (χ2n) is 5.97. The highest BCUT2D eigenvalue weighted by Gasteiger charge is 2.18. The van der Waals surface area contributed by atoms with E-state index in [1.54, 1.807) is 0 Å². The normalized spacial score (nSPS) is 18.7. The van der Waals surface area contributed by atoms with Crippen LogP contribution in [0.5, 0.6) is 5.75 Å². The van der Waals surface area contributed by atoms with Crippen LogP contribution in [-0.2, 0) is 0 Å². The Labute approximate surface area is 128 Å². The first-order valence-corrected chi connectivity index (χ1v) is 7.91. The standard InChI is InChI=1S/C17H28N2O2/c1-4-18-7-9-19(10-8-18)12-16(20)13-21-17-11-14(2)5-6-15(17)3/h5-6,11,16,20H,4,7-10,12-13H2,1-3H3. The zero-order valence-electron chi connectivity index (χ0n) is 13.5. The maximum Gasteiger partial charge on any atom is 0.122 e. The van der Waals surface area contributed by atoms with Crippen LogP contribution in [0.3, 0.4) is 0 Å². The third kappa shape index (κ3) is 4.99. The number of β-amino-alcohol motifs (C(OH)–C–C–N with tert-alkyl or cyclic N) is 1. The topological polar surface area (TPSA) is 35.9 Å². The average molecular weight is 292 g/mol. The molecule has 0 bridgehead atoms. The van der Waals surface area contributed by atoms with Crippen LogP contribution in [0.25, 0.3) is 0 Å². The Bertz CT molecular complexity index is 442. The molecule has 0 spiro atoms. The van der Waals surface area contributed by atoms with Gasteiger partial charge in [0.1, 0.15) is 18.5 Å². The first-order chi connectivity index (χ1) is 10.1. The van der Waals surface area contributed by atoms with Crippen molar-refractivity contribution in [3.8, 4) is 5.75 Å². The minimum absolute atomic E-state index is 0.359. The second kappa shape index (κ2) is 7.78. The largest absolute Gasteiger partial charge is 0.491 e. The van der Waals surface area contributed by atoms with Gasteiger partial charge < -0.3 is 14.7 Å². The molecule has 1 unspecified atom stereocenters. The van der Waals surface area contributed by atoms with Crippen LogP contribution in [0.15, 0.2) is 18.2 Å². The number of aryl methyl sites for hydroxylation is 2. The minimum Gasteiger partial charge on any atom is -0.491 e. The van der Waals surface area contributed by atoms with Crippen molar-refractivity contribution in [2.24, 2.45) is 0 Å². The van der Waals surface area contributed by atoms with Crippen LogP contribution in [-0.4, -0.2) is 66.9 Å². The number of nitrogens with zero attached hydrogens (tertiary/aromatic N) is 2. The molecule has 1 N–H and O–H groups in total. The van der Waals surface area contributed by atoms with Gasteiger partial charge in [0.2, 0.25) is 0 Å². The fourth-order valence-corrected chi connectivity index (χ4v) is 2.69. The Morgan fingerprint density at radius 3 is 2.48 bits per heavy atom. The van der Waals surface area contributed by atoms with Crippen molar-refractivity contribution in [3.05, 3.63) is 29.3 Å². The molecular formula is C17H28N2O2. The summed E-state index contributed by atoms with van der Waals surface area (Å²) in [5, 5.41) is 10.2. The zero-order chi connectivity index (χ0) is 15.2. The first-order valence-electron chi connectivity index (χ1n) is 7.91. The van der Waals surface area contributed by atoms with Gasteiger partial charge in [0.25, 0.3) is 0 Å². The molecule has 0 amide bonds. The van der Waals surface area contributed by atoms with Crippen molar-refractivity contribution in [2.45, 2.75) is 26.9 Å². The Balaban J connectivity index is 1.75. The van der Waals surface area contributed by atoms with Gasteiger partial charge in [0.15, 0.2) is 0 Å². The van der Waals surface area contributed by atoms with Crippen molar-refractivity contribution in [1.29, 1.82) is 0 Å². The van der Waals surface area contributed by atoms with E-state index < -0.39 is 6.10 Å². The first kappa shape index (κ1) is 16.3. The van der Waals surface area contributed by atoms with Crippen molar-refractivity contribution in [1.82, 2.24) is 9.80 Å². The van der Waals surface area contributed by atoms with Crippen molar-refractivity contribution in [3.63, 3.8) is 0 Å². The molecular weight excluding hydrogens is 264 g/mol. The SMILES string of the molecule is CCN1CCN(CC(O)COc2cc(C)ccc2C)CC1. The molecule has 1 aliphatic rings. The van der Waals surface area contributed by atoms with Crippen molar-refractivity contribution >= 4 is 0 Å². The quantitative estimate of drug-likeness (QED) is 0.865. The van der Waals surface area contributed by atoms with Gasteiger partial charge in [0.05, 0.1) is 0 Å². The number of aliphatic hydroxyl groups is 1. The number of ether oxygens (including phenoxy) is 1. The number of likely N-dealkylation sites (N-methyl/N-ethyl adjacent to an activating group) is 1. The Morgan fingerprint density at radius 1 is 1.14 bits per heavy atom. The molecule has 0 radical (unpaired) electrons. The van der Waals surface area contributed by atoms with Gasteiger partial charge in [-0.3, -0.25) is 4.90 Å². The lowest BCUT2D eigenvalue weighted by Gasteiger charge is -2.34. The third-order valence-corrected chi connectivity index (χ3v) is 4.16. The molecule has 118 valence electrons. The number of hydrogen-bond acceptors (Lipinski definition) is 4. The summed E-state index contributed by atoms with van der Waals surface area (Å²) in [5.74, 6) is 0.879. The third-order valence-electron chi connectivity index (χ3n) is 4.16. The molecule has 1 saturated heterocycles. The van der Waals surface area contributed by atoms with E-state index in [1.807, 2.05) is 13.0 Å². The van der Waals surface area contributed by atoms with Crippen LogP contribution in [0.4, 0.5) is 0 Å². The fraction of sp³-hybridized carbons (Fsp3) is 0.647. The Kier molecular flexibility index (Phi) is 6.03. The molecule has 1 atom stereocenters. The van der Waals surface area contributed by atoms with Crippen molar-refractivity contribution < 1.29 is 9.84 Å². The minimum atomic E-state index is -0.432. The highest BCUT2D eigenvalue weighted by molar-refractivity contribution is 5.35. The molecule has 4 nitrogen and oxygen atoms in total. The zero-order valence-corrected chi connectivity index (χ0v) is 13.5. The molecule has 1 heterocycles. The van der Waals surface area contributed by atoms with E-state index in [0.717, 1.165) is 44.0 Å². The smallest absolute Gasteiger partial charge is 0.122 e. The lowest BCUT2D eigenvalue weighted by Crippen LogP contribution is -2.49. The van der Waals surface area contributed by atoms with Crippen LogP contribution in [0.2, 0.25) is 0 Å². The molecule has 1 aromatic carbocycles. The molecule has 2 rings (SSSR count). The summed E-state index contributed by atoms with van der Waals surface area (Å²) in [5.41, 5.74) is 2.30. The molecule has 0 saturated carbocycles. The van der Waals surface area contributed by atoms with E-state index in [-0.39, 0.29) is 0 Å². The van der Waals surface area contributed by atoms with Crippen LogP contribution in [0.1, 0.15) is 18.1 Å². The highest BCUT2D eigenvalue weighted by Crippen LogP contribution is 2.19. The van der Waals surface area contributed by atoms with Crippen LogP contribution < -0.4 is 4.74 Å². The summed E-state index contributed by atoms with van der Waals surface area (Å²) in [6.45, 7) is 12.7. The number of benzene rings is 1. The highest BCUT2D eigenvalue weighted by atomic mass is 16.5. The van der Waals surface area contributed by atoms with Gasteiger partial charge in [-0.05, 0) is 37.6 Å². The number of hydrogen-bond donors (Lipinski definition) is 1. The van der Waals surface area contributed by atoms with Gasteiger partial charge in [0, 0.05) is 32.7 Å². The summed E-state index contributed by atoms with van der Waals surface area (Å²) in [6, 6.07) is 6.16. The number of piperazine rings is 1. The van der Waals surface area contributed by atoms with Crippen LogP contribution in [0, 0.1) is 13.8 Å². The molecule has 1 fully saturated rings. The van der Waals surface area contributed by atoms with Gasteiger partial charge in [-0.25, -0.2) is 0 Å². The summed E-state index contributed by atoms with van der Waals surface area (Å²) >= 11 is 0. The molecule has 0 aliphatic carbocycles. The molecule has 1 aromatic rings. The molecule has 0 aromatic heterocycles. The van der Waals surface area contributed by atoms with E-state index in [0.29, 0.717) is 13.2 Å². The molecule has 1 aliphatic heterocycles. The number of rotatable bonds is 6. The van der Waals surface area contributed by atoms with Gasteiger partial charge in [-0.1, -0.05) is 19.1 Å². The monoisotopic (exact) mass is 292 g/mol. The van der Waals surface area contributed by atoms with E-state index in [1.165, 1.54) is 5.56 Å². The average Bonchev–Trinajstić information content (AvgIpc) is 2.49. The molecule has 21 heavy (non-hydrogen) atoms. The van der Waals surface area contributed by atoms with Gasteiger partial charge in [-0.15, -0.1) is 0 Å². The van der Waals surface area contributed by atoms with E-state index in [9.17, 15) is 5.11 Å². The second-order valence-corrected chi connectivity index (χ2v) is 5.97. The predicted molar refractivity (Wildman–Crippen MR) is 86.0 cm³/mol. The summed E-state index contributed by atoms with van der Waals surface area (Å²) in [4.78, 5) is 4.76. The van der Waals surface area contributed by atoms with E-state index in [2.05, 4.69) is 35.8 Å². The molecule has 4 heteroatoms. The van der Waals surface area contributed by atoms with E-state index >= 15 is 0 Å². The Hall–Kier alpha value is -1.10. The number of aliphatic hydroxyl groups excluding tert-OH is 1. The van der Waals surface area contributed by atoms with Gasteiger partial charge in [-0.2, -0.15) is 0 Å². The summed E-state index contributed by atoms with van der Waals surface area (Å²) in [7, 11) is 0. The summed E-state index contributed by atoms with van der Waals surface area (Å²) in [6.07, 6.45) is -0.432. The lowest BCUT2D eigenvalue weighted by molar-refractivity contribution is 0.0469. The summed E-state index contributed by atoms with van der Waals surface area (Å²) < 4.78 is 5.78. The Morgan fingerprint density at radius 2 is 1.81 bits per heavy atom. The van der Waals surface area contributed by atoms with Crippen LogP contribution >= 0.6 is 0 Å². The predicted octanol–water partition coefficient (Wildman–Crippen LogP) is 1.68.